The molecule has 1 heterocycles. The molecule has 1 aliphatic rings. The maximum Gasteiger partial charge on any atom is 0.466 e. The normalized spacial score (nSPS) is 19.5. The van der Waals surface area contributed by atoms with Crippen molar-refractivity contribution in [1.29, 1.82) is 0 Å². The van der Waals surface area contributed by atoms with Crippen LogP contribution in [-0.4, -0.2) is 36.5 Å². The van der Waals surface area contributed by atoms with Crippen molar-refractivity contribution in [2.45, 2.75) is 51.1 Å². The Morgan fingerprint density at radius 3 is 2.19 bits per heavy atom. The number of methoxy groups -OCH3 is 1. The van der Waals surface area contributed by atoms with E-state index in [1.54, 1.807) is 7.11 Å². The van der Waals surface area contributed by atoms with Crippen LogP contribution in [0.1, 0.15) is 45.5 Å². The summed E-state index contributed by atoms with van der Waals surface area (Å²) in [5.74, 6) is -0.554. The van der Waals surface area contributed by atoms with Crippen LogP contribution in [0.25, 0.3) is 10.8 Å². The lowest BCUT2D eigenvalue weighted by Gasteiger charge is -2.32. The molecule has 1 N–H and O–H groups in total. The summed E-state index contributed by atoms with van der Waals surface area (Å²) in [7, 11) is 0.998. The first-order valence-corrected chi connectivity index (χ1v) is 8.79. The van der Waals surface area contributed by atoms with Gasteiger partial charge in [-0.2, -0.15) is 0 Å². The van der Waals surface area contributed by atoms with E-state index in [4.69, 9.17) is 14.0 Å². The monoisotopic (exact) mass is 356 g/mol. The quantitative estimate of drug-likeness (QED) is 0.820. The number of aliphatic carboxylic acids is 1. The maximum atomic E-state index is 11.6. The summed E-state index contributed by atoms with van der Waals surface area (Å²) in [5, 5.41) is 11.4. The fourth-order valence-electron chi connectivity index (χ4n) is 3.39. The van der Waals surface area contributed by atoms with Gasteiger partial charge in [-0.3, -0.25) is 4.79 Å². The Morgan fingerprint density at radius 1 is 1.08 bits per heavy atom. The summed E-state index contributed by atoms with van der Waals surface area (Å²) in [6, 6.07) is 11.6. The average molecular weight is 356 g/mol. The third-order valence-electron chi connectivity index (χ3n) is 5.53. The van der Waals surface area contributed by atoms with Gasteiger partial charge in [0.1, 0.15) is 5.75 Å². The Kier molecular flexibility index (Phi) is 4.75. The predicted octanol–water partition coefficient (Wildman–Crippen LogP) is 4.04. The highest BCUT2D eigenvalue weighted by atomic mass is 16.7. The molecule has 0 radical (unpaired) electrons. The van der Waals surface area contributed by atoms with Crippen molar-refractivity contribution < 1.29 is 23.9 Å². The number of benzene rings is 2. The van der Waals surface area contributed by atoms with Crippen LogP contribution in [0.3, 0.4) is 0 Å². The summed E-state index contributed by atoms with van der Waals surface area (Å²) >= 11 is 0. The molecule has 3 rings (SSSR count). The minimum Gasteiger partial charge on any atom is -0.496 e. The van der Waals surface area contributed by atoms with Crippen molar-refractivity contribution >= 4 is 23.9 Å². The lowest BCUT2D eigenvalue weighted by molar-refractivity contribution is -0.137. The molecule has 1 atom stereocenters. The van der Waals surface area contributed by atoms with Gasteiger partial charge in [-0.05, 0) is 44.7 Å². The van der Waals surface area contributed by atoms with Gasteiger partial charge >= 0.3 is 13.1 Å². The van der Waals surface area contributed by atoms with E-state index in [9.17, 15) is 9.90 Å². The van der Waals surface area contributed by atoms with Gasteiger partial charge in [0.15, 0.2) is 0 Å². The minimum absolute atomic E-state index is 0.0762. The third kappa shape index (κ3) is 3.19. The standard InChI is InChI=1S/C20H25BO5/c1-19(2)20(3,4)26-21(25-19)16(12-18(22)23)14-10-11-17(24-5)15-9-7-6-8-13(14)15/h6-11,16H,12H2,1-5H3,(H,22,23). The van der Waals surface area contributed by atoms with Gasteiger partial charge < -0.3 is 19.2 Å². The summed E-state index contributed by atoms with van der Waals surface area (Å²) in [4.78, 5) is 11.6. The number of ether oxygens (including phenoxy) is 1. The highest BCUT2D eigenvalue weighted by Crippen LogP contribution is 2.43. The molecule has 0 saturated carbocycles. The fraction of sp³-hybridized carbons (Fsp3) is 0.450. The van der Waals surface area contributed by atoms with Gasteiger partial charge in [-0.15, -0.1) is 0 Å². The Labute approximate surface area is 154 Å². The van der Waals surface area contributed by atoms with Crippen LogP contribution in [0.15, 0.2) is 36.4 Å². The van der Waals surface area contributed by atoms with Crippen LogP contribution in [0.5, 0.6) is 5.75 Å². The molecule has 2 aromatic rings. The molecule has 6 heteroatoms. The van der Waals surface area contributed by atoms with Crippen LogP contribution in [-0.2, 0) is 14.1 Å². The zero-order valence-corrected chi connectivity index (χ0v) is 15.9. The molecule has 26 heavy (non-hydrogen) atoms. The van der Waals surface area contributed by atoms with E-state index < -0.39 is 30.1 Å². The Balaban J connectivity index is 2.11. The highest BCUT2D eigenvalue weighted by Gasteiger charge is 2.54. The lowest BCUT2D eigenvalue weighted by Crippen LogP contribution is -2.41. The first kappa shape index (κ1) is 18.7. The van der Waals surface area contributed by atoms with Gasteiger partial charge in [0.05, 0.1) is 24.7 Å². The number of hydrogen-bond acceptors (Lipinski definition) is 4. The van der Waals surface area contributed by atoms with Crippen molar-refractivity contribution in [2.75, 3.05) is 7.11 Å². The van der Waals surface area contributed by atoms with Crippen LogP contribution in [0, 0.1) is 0 Å². The topological polar surface area (TPSA) is 65.0 Å². The molecule has 1 aliphatic heterocycles. The molecule has 0 amide bonds. The van der Waals surface area contributed by atoms with Crippen LogP contribution in [0.4, 0.5) is 0 Å². The van der Waals surface area contributed by atoms with E-state index in [2.05, 4.69) is 0 Å². The molecule has 0 aliphatic carbocycles. The highest BCUT2D eigenvalue weighted by molar-refractivity contribution is 6.48. The lowest BCUT2D eigenvalue weighted by atomic mass is 9.65. The molecule has 1 unspecified atom stereocenters. The molecule has 1 saturated heterocycles. The van der Waals surface area contributed by atoms with Crippen molar-refractivity contribution in [3.8, 4) is 5.75 Å². The Bertz CT molecular complexity index is 814. The second-order valence-corrected chi connectivity index (χ2v) is 7.73. The molecule has 0 aromatic heterocycles. The first-order chi connectivity index (χ1) is 12.2. The maximum absolute atomic E-state index is 11.6. The Morgan fingerprint density at radius 2 is 1.65 bits per heavy atom. The molecular weight excluding hydrogens is 331 g/mol. The second-order valence-electron chi connectivity index (χ2n) is 7.73. The molecular formula is C20H25BO5. The van der Waals surface area contributed by atoms with Crippen LogP contribution < -0.4 is 4.74 Å². The zero-order chi connectivity index (χ0) is 19.1. The van der Waals surface area contributed by atoms with Crippen LogP contribution >= 0.6 is 0 Å². The van der Waals surface area contributed by atoms with E-state index in [-0.39, 0.29) is 6.42 Å². The second kappa shape index (κ2) is 6.60. The van der Waals surface area contributed by atoms with E-state index in [0.29, 0.717) is 0 Å². The number of carboxylic acid groups (broad SMARTS) is 1. The minimum atomic E-state index is -0.885. The third-order valence-corrected chi connectivity index (χ3v) is 5.53. The number of carbonyl (C=O) groups is 1. The predicted molar refractivity (Wildman–Crippen MR) is 102 cm³/mol. The van der Waals surface area contributed by atoms with Crippen molar-refractivity contribution in [1.82, 2.24) is 0 Å². The average Bonchev–Trinajstić information content (AvgIpc) is 2.79. The van der Waals surface area contributed by atoms with Crippen LogP contribution in [0.2, 0.25) is 0 Å². The number of fused-ring (bicyclic) bond motifs is 1. The molecule has 138 valence electrons. The number of rotatable bonds is 5. The number of hydrogen-bond donors (Lipinski definition) is 1. The molecule has 0 bridgehead atoms. The fourth-order valence-corrected chi connectivity index (χ4v) is 3.39. The van der Waals surface area contributed by atoms with Gasteiger partial charge in [-0.25, -0.2) is 0 Å². The summed E-state index contributed by atoms with van der Waals surface area (Å²) in [6.07, 6.45) is -0.0762. The van der Waals surface area contributed by atoms with Crippen molar-refractivity contribution in [2.24, 2.45) is 0 Å². The first-order valence-electron chi connectivity index (χ1n) is 8.79. The van der Waals surface area contributed by atoms with Gasteiger partial charge in [0.2, 0.25) is 0 Å². The molecule has 5 nitrogen and oxygen atoms in total. The summed E-state index contributed by atoms with van der Waals surface area (Å²) in [6.45, 7) is 7.88. The molecule has 1 fully saturated rings. The van der Waals surface area contributed by atoms with Crippen molar-refractivity contribution in [3.05, 3.63) is 42.0 Å². The SMILES string of the molecule is COc1ccc(C(CC(=O)O)B2OC(C)(C)C(C)(C)O2)c2ccccc12. The zero-order valence-electron chi connectivity index (χ0n) is 15.9. The van der Waals surface area contributed by atoms with Gasteiger partial charge in [0.25, 0.3) is 0 Å². The number of carboxylic acids is 1. The molecule has 2 aromatic carbocycles. The largest absolute Gasteiger partial charge is 0.496 e. The van der Waals surface area contributed by atoms with E-state index in [1.807, 2.05) is 64.1 Å². The van der Waals surface area contributed by atoms with E-state index >= 15 is 0 Å². The summed E-state index contributed by atoms with van der Waals surface area (Å²) < 4.78 is 17.8. The van der Waals surface area contributed by atoms with Gasteiger partial charge in [0, 0.05) is 11.2 Å². The Hall–Kier alpha value is -2.05. The van der Waals surface area contributed by atoms with Gasteiger partial charge in [-0.1, -0.05) is 30.3 Å². The summed E-state index contributed by atoms with van der Waals surface area (Å²) in [5.41, 5.74) is -0.143. The van der Waals surface area contributed by atoms with E-state index in [0.717, 1.165) is 22.1 Å². The van der Waals surface area contributed by atoms with E-state index in [1.165, 1.54) is 0 Å². The smallest absolute Gasteiger partial charge is 0.466 e. The molecule has 0 spiro atoms. The van der Waals surface area contributed by atoms with Crippen molar-refractivity contribution in [3.63, 3.8) is 0 Å².